The second-order valence-corrected chi connectivity index (χ2v) is 7.46. The summed E-state index contributed by atoms with van der Waals surface area (Å²) in [6, 6.07) is 19.7. The van der Waals surface area contributed by atoms with Gasteiger partial charge in [-0.15, -0.1) is 0 Å². The van der Waals surface area contributed by atoms with Gasteiger partial charge >= 0.3 is 5.97 Å². The normalized spacial score (nSPS) is 14.6. The molecule has 3 heteroatoms. The van der Waals surface area contributed by atoms with E-state index in [2.05, 4.69) is 5.32 Å². The Labute approximate surface area is 163 Å². The fraction of sp³-hybridized carbons (Fsp3) is 0.458. The summed E-state index contributed by atoms with van der Waals surface area (Å²) in [5, 5.41) is 3.41. The highest BCUT2D eigenvalue weighted by Gasteiger charge is 2.23. The Bertz CT molecular complexity index is 626. The van der Waals surface area contributed by atoms with E-state index in [0.29, 0.717) is 13.2 Å². The zero-order chi connectivity index (χ0) is 18.7. The molecule has 1 aliphatic carbocycles. The maximum absolute atomic E-state index is 12.8. The minimum atomic E-state index is -0.366. The van der Waals surface area contributed by atoms with E-state index in [9.17, 15) is 4.79 Å². The van der Waals surface area contributed by atoms with Crippen LogP contribution < -0.4 is 5.32 Å². The quantitative estimate of drug-likeness (QED) is 0.480. The summed E-state index contributed by atoms with van der Waals surface area (Å²) in [7, 11) is 0. The molecule has 0 heterocycles. The third kappa shape index (κ3) is 6.21. The number of carbonyl (C=O) groups is 1. The maximum Gasteiger partial charge on any atom is 0.317 e. The second-order valence-electron chi connectivity index (χ2n) is 7.46. The average molecular weight is 366 g/mol. The van der Waals surface area contributed by atoms with Gasteiger partial charge in [0.15, 0.2) is 0 Å². The third-order valence-corrected chi connectivity index (χ3v) is 5.47. The number of benzene rings is 2. The lowest BCUT2D eigenvalue weighted by atomic mass is 9.91. The van der Waals surface area contributed by atoms with Crippen LogP contribution in [-0.2, 0) is 9.53 Å². The van der Waals surface area contributed by atoms with Gasteiger partial charge in [0.2, 0.25) is 0 Å². The van der Waals surface area contributed by atoms with Crippen molar-refractivity contribution in [2.75, 3.05) is 19.7 Å². The zero-order valence-corrected chi connectivity index (χ0v) is 16.1. The largest absolute Gasteiger partial charge is 0.464 e. The number of hydrogen-bond acceptors (Lipinski definition) is 3. The van der Waals surface area contributed by atoms with E-state index < -0.39 is 0 Å². The molecule has 0 amide bonds. The van der Waals surface area contributed by atoms with E-state index in [4.69, 9.17) is 4.74 Å². The van der Waals surface area contributed by atoms with Gasteiger partial charge in [0.1, 0.15) is 12.5 Å². The Hall–Kier alpha value is -2.13. The molecule has 0 aliphatic heterocycles. The van der Waals surface area contributed by atoms with Crippen molar-refractivity contribution in [3.05, 3.63) is 71.8 Å². The summed E-state index contributed by atoms with van der Waals surface area (Å²) < 4.78 is 5.59. The van der Waals surface area contributed by atoms with E-state index in [1.165, 1.54) is 38.5 Å². The molecule has 0 bridgehead atoms. The molecule has 0 unspecified atom stereocenters. The van der Waals surface area contributed by atoms with Gasteiger partial charge in [-0.1, -0.05) is 86.3 Å². The number of ether oxygens (including phenoxy) is 1. The molecule has 0 atom stereocenters. The summed E-state index contributed by atoms with van der Waals surface area (Å²) in [5.74, 6) is 0.400. The molecule has 27 heavy (non-hydrogen) atoms. The Morgan fingerprint density at radius 3 is 2.11 bits per heavy atom. The summed E-state index contributed by atoms with van der Waals surface area (Å²) >= 11 is 0. The van der Waals surface area contributed by atoms with Gasteiger partial charge < -0.3 is 10.1 Å². The van der Waals surface area contributed by atoms with Crippen molar-refractivity contribution in [2.45, 2.75) is 44.4 Å². The third-order valence-electron chi connectivity index (χ3n) is 5.47. The van der Waals surface area contributed by atoms with Crippen LogP contribution in [0.2, 0.25) is 0 Å². The van der Waals surface area contributed by atoms with Crippen LogP contribution in [0.15, 0.2) is 60.7 Å². The van der Waals surface area contributed by atoms with Gasteiger partial charge in [-0.3, -0.25) is 4.79 Å². The first-order valence-electron chi connectivity index (χ1n) is 10.3. The molecule has 1 saturated carbocycles. The van der Waals surface area contributed by atoms with Gasteiger partial charge in [-0.2, -0.15) is 0 Å². The molecule has 3 nitrogen and oxygen atoms in total. The Morgan fingerprint density at radius 2 is 1.52 bits per heavy atom. The summed E-state index contributed by atoms with van der Waals surface area (Å²) in [4.78, 5) is 12.8. The minimum Gasteiger partial charge on any atom is -0.464 e. The van der Waals surface area contributed by atoms with Crippen molar-refractivity contribution < 1.29 is 9.53 Å². The smallest absolute Gasteiger partial charge is 0.317 e. The van der Waals surface area contributed by atoms with Crippen LogP contribution in [-0.4, -0.2) is 25.7 Å². The monoisotopic (exact) mass is 365 g/mol. The summed E-state index contributed by atoms with van der Waals surface area (Å²) in [6.45, 7) is 2.14. The molecule has 3 rings (SSSR count). The number of carbonyl (C=O) groups excluding carboxylic acids is 1. The lowest BCUT2D eigenvalue weighted by Crippen LogP contribution is -2.25. The first kappa shape index (κ1) is 19.6. The van der Waals surface area contributed by atoms with Gasteiger partial charge in [0.05, 0.1) is 0 Å². The van der Waals surface area contributed by atoms with Gasteiger partial charge in [0, 0.05) is 6.54 Å². The number of hydrogen-bond donors (Lipinski definition) is 1. The Balaban J connectivity index is 1.43. The summed E-state index contributed by atoms with van der Waals surface area (Å²) in [5.41, 5.74) is 1.94. The van der Waals surface area contributed by atoms with Crippen molar-refractivity contribution >= 4 is 5.97 Å². The van der Waals surface area contributed by atoms with E-state index in [1.54, 1.807) is 0 Å². The van der Waals surface area contributed by atoms with Crippen LogP contribution in [0.5, 0.6) is 0 Å². The van der Waals surface area contributed by atoms with Crippen LogP contribution in [0.4, 0.5) is 0 Å². The highest BCUT2D eigenvalue weighted by atomic mass is 16.5. The molecule has 1 N–H and O–H groups in total. The molecule has 0 spiro atoms. The molecule has 144 valence electrons. The van der Waals surface area contributed by atoms with E-state index in [0.717, 1.165) is 23.6 Å². The SMILES string of the molecule is O=C(OCCNCCCC1CCCC1)C(c1ccccc1)c1ccccc1. The number of rotatable bonds is 10. The summed E-state index contributed by atoms with van der Waals surface area (Å²) in [6.07, 6.45) is 8.21. The predicted octanol–water partition coefficient (Wildman–Crippen LogP) is 4.92. The molecule has 2 aromatic carbocycles. The van der Waals surface area contributed by atoms with Crippen molar-refractivity contribution in [3.8, 4) is 0 Å². The molecule has 1 aliphatic rings. The van der Waals surface area contributed by atoms with Gasteiger partial charge in [0.25, 0.3) is 0 Å². The van der Waals surface area contributed by atoms with Crippen molar-refractivity contribution in [3.63, 3.8) is 0 Å². The van der Waals surface area contributed by atoms with Crippen molar-refractivity contribution in [2.24, 2.45) is 5.92 Å². The fourth-order valence-electron chi connectivity index (χ4n) is 4.00. The van der Waals surface area contributed by atoms with E-state index in [1.807, 2.05) is 60.7 Å². The van der Waals surface area contributed by atoms with Crippen molar-refractivity contribution in [1.82, 2.24) is 5.32 Å². The lowest BCUT2D eigenvalue weighted by Gasteiger charge is -2.17. The molecule has 0 radical (unpaired) electrons. The standard InChI is InChI=1S/C24H31NO2/c26-24(27-19-18-25-17-9-12-20-10-7-8-11-20)23(21-13-3-1-4-14-21)22-15-5-2-6-16-22/h1-6,13-16,20,23,25H,7-12,17-19H2. The van der Waals surface area contributed by atoms with Crippen LogP contribution in [0.25, 0.3) is 0 Å². The Morgan fingerprint density at radius 1 is 0.926 bits per heavy atom. The van der Waals surface area contributed by atoms with E-state index in [-0.39, 0.29) is 11.9 Å². The predicted molar refractivity (Wildman–Crippen MR) is 110 cm³/mol. The Kier molecular flexibility index (Phi) is 7.91. The molecule has 1 fully saturated rings. The lowest BCUT2D eigenvalue weighted by molar-refractivity contribution is -0.144. The second kappa shape index (κ2) is 10.9. The molecular weight excluding hydrogens is 334 g/mol. The zero-order valence-electron chi connectivity index (χ0n) is 16.1. The number of esters is 1. The minimum absolute atomic E-state index is 0.180. The molecule has 0 saturated heterocycles. The van der Waals surface area contributed by atoms with Gasteiger partial charge in [-0.05, 0) is 36.4 Å². The van der Waals surface area contributed by atoms with Gasteiger partial charge in [-0.25, -0.2) is 0 Å². The van der Waals surface area contributed by atoms with Crippen LogP contribution in [0.1, 0.15) is 55.6 Å². The van der Waals surface area contributed by atoms with Crippen LogP contribution in [0, 0.1) is 5.92 Å². The first-order chi connectivity index (χ1) is 13.3. The first-order valence-corrected chi connectivity index (χ1v) is 10.3. The molecule has 0 aromatic heterocycles. The average Bonchev–Trinajstić information content (AvgIpc) is 3.23. The fourth-order valence-corrected chi connectivity index (χ4v) is 4.00. The van der Waals surface area contributed by atoms with E-state index >= 15 is 0 Å². The van der Waals surface area contributed by atoms with Crippen LogP contribution in [0.3, 0.4) is 0 Å². The number of nitrogens with one attached hydrogen (secondary N) is 1. The highest BCUT2D eigenvalue weighted by Crippen LogP contribution is 2.28. The molecular formula is C24H31NO2. The van der Waals surface area contributed by atoms with Crippen molar-refractivity contribution in [1.29, 1.82) is 0 Å². The maximum atomic E-state index is 12.8. The highest BCUT2D eigenvalue weighted by molar-refractivity contribution is 5.82. The molecule has 2 aromatic rings. The topological polar surface area (TPSA) is 38.3 Å². The van der Waals surface area contributed by atoms with Crippen LogP contribution >= 0.6 is 0 Å².